The van der Waals surface area contributed by atoms with Crippen LogP contribution in [0, 0.1) is 5.92 Å². The summed E-state index contributed by atoms with van der Waals surface area (Å²) in [6, 6.07) is 5.49. The Bertz CT molecular complexity index is 425. The summed E-state index contributed by atoms with van der Waals surface area (Å²) in [5, 5.41) is 3.38. The summed E-state index contributed by atoms with van der Waals surface area (Å²) < 4.78 is 0. The van der Waals surface area contributed by atoms with Crippen LogP contribution < -0.4 is 5.32 Å². The van der Waals surface area contributed by atoms with Crippen molar-refractivity contribution >= 4 is 45.2 Å². The number of nitrogens with one attached hydrogen (secondary N) is 1. The molecule has 100 valence electrons. The first-order chi connectivity index (χ1) is 8.45. The van der Waals surface area contributed by atoms with Crippen molar-refractivity contribution in [3.8, 4) is 0 Å². The van der Waals surface area contributed by atoms with E-state index >= 15 is 0 Å². The second-order valence-corrected chi connectivity index (χ2v) is 6.78. The number of hydrogen-bond acceptors (Lipinski definition) is 2. The van der Waals surface area contributed by atoms with Crippen molar-refractivity contribution in [2.75, 3.05) is 12.8 Å². The monoisotopic (exact) mass is 349 g/mol. The van der Waals surface area contributed by atoms with Crippen LogP contribution in [0.3, 0.4) is 0 Å². The molecule has 0 aromatic heterocycles. The first kappa shape index (κ1) is 15.9. The molecule has 18 heavy (non-hydrogen) atoms. The fourth-order valence-corrected chi connectivity index (χ4v) is 2.13. The summed E-state index contributed by atoms with van der Waals surface area (Å²) in [4.78, 5) is 13.3. The van der Waals surface area contributed by atoms with Gasteiger partial charge in [-0.05, 0) is 30.4 Å². The van der Waals surface area contributed by atoms with Gasteiger partial charge in [-0.2, -0.15) is 0 Å². The third-order valence-electron chi connectivity index (χ3n) is 2.60. The van der Waals surface area contributed by atoms with Gasteiger partial charge >= 0.3 is 0 Å². The van der Waals surface area contributed by atoms with E-state index in [9.17, 15) is 4.79 Å². The predicted molar refractivity (Wildman–Crippen MR) is 83.1 cm³/mol. The summed E-state index contributed by atoms with van der Waals surface area (Å²) in [5.74, 6) is 0.347. The van der Waals surface area contributed by atoms with Crippen LogP contribution in [0.5, 0.6) is 0 Å². The standard InChI is InChI=1S/C13H17BrClNOS/c1-8(2)11(14)7-16-13(17)10-6-9(18-3)4-5-12(10)15/h4-6,8,11H,7H2,1-3H3,(H,16,17). The molecule has 0 saturated heterocycles. The lowest BCUT2D eigenvalue weighted by Crippen LogP contribution is -2.31. The fraction of sp³-hybridized carbons (Fsp3) is 0.462. The molecule has 0 aliphatic heterocycles. The van der Waals surface area contributed by atoms with Gasteiger partial charge in [0.1, 0.15) is 0 Å². The van der Waals surface area contributed by atoms with E-state index in [4.69, 9.17) is 11.6 Å². The van der Waals surface area contributed by atoms with Crippen LogP contribution in [0.1, 0.15) is 24.2 Å². The van der Waals surface area contributed by atoms with Gasteiger partial charge in [0.15, 0.2) is 0 Å². The molecule has 0 bridgehead atoms. The second kappa shape index (κ2) is 7.41. The molecule has 0 spiro atoms. The smallest absolute Gasteiger partial charge is 0.252 e. The van der Waals surface area contributed by atoms with E-state index in [0.29, 0.717) is 23.0 Å². The molecule has 1 amide bonds. The Balaban J connectivity index is 2.72. The Labute approximate surface area is 126 Å². The van der Waals surface area contributed by atoms with Gasteiger partial charge < -0.3 is 5.32 Å². The number of benzene rings is 1. The highest BCUT2D eigenvalue weighted by Crippen LogP contribution is 2.23. The minimum absolute atomic E-state index is 0.124. The zero-order valence-corrected chi connectivity index (χ0v) is 13.8. The van der Waals surface area contributed by atoms with E-state index in [-0.39, 0.29) is 10.7 Å². The lowest BCUT2D eigenvalue weighted by molar-refractivity contribution is 0.0953. The highest BCUT2D eigenvalue weighted by molar-refractivity contribution is 9.09. The van der Waals surface area contributed by atoms with Gasteiger partial charge in [0, 0.05) is 16.3 Å². The lowest BCUT2D eigenvalue weighted by atomic mass is 10.1. The summed E-state index contributed by atoms with van der Waals surface area (Å²) in [5.41, 5.74) is 0.534. The molecule has 2 nitrogen and oxygen atoms in total. The first-order valence-electron chi connectivity index (χ1n) is 5.71. The number of thioether (sulfide) groups is 1. The van der Waals surface area contributed by atoms with Gasteiger partial charge in [-0.3, -0.25) is 4.79 Å². The van der Waals surface area contributed by atoms with Crippen LogP contribution in [0.25, 0.3) is 0 Å². The molecule has 0 aliphatic carbocycles. The molecule has 1 N–H and O–H groups in total. The molecular formula is C13H17BrClNOS. The lowest BCUT2D eigenvalue weighted by Gasteiger charge is -2.15. The topological polar surface area (TPSA) is 29.1 Å². The van der Waals surface area contributed by atoms with Crippen LogP contribution in [0.4, 0.5) is 0 Å². The van der Waals surface area contributed by atoms with Gasteiger partial charge in [-0.25, -0.2) is 0 Å². The van der Waals surface area contributed by atoms with Gasteiger partial charge in [0.2, 0.25) is 0 Å². The third-order valence-corrected chi connectivity index (χ3v) is 5.04. The minimum Gasteiger partial charge on any atom is -0.351 e. The number of carbonyl (C=O) groups excluding carboxylic acids is 1. The highest BCUT2D eigenvalue weighted by Gasteiger charge is 2.14. The number of halogens is 2. The normalized spacial score (nSPS) is 12.6. The summed E-state index contributed by atoms with van der Waals surface area (Å²) >= 11 is 11.2. The van der Waals surface area contributed by atoms with E-state index in [0.717, 1.165) is 4.90 Å². The minimum atomic E-state index is -0.124. The number of carbonyl (C=O) groups is 1. The molecule has 1 rings (SSSR count). The Morgan fingerprint density at radius 1 is 1.50 bits per heavy atom. The van der Waals surface area contributed by atoms with E-state index in [1.165, 1.54) is 0 Å². The molecule has 0 saturated carbocycles. The molecule has 1 aromatic carbocycles. The van der Waals surface area contributed by atoms with Crippen molar-refractivity contribution in [2.45, 2.75) is 23.6 Å². The van der Waals surface area contributed by atoms with Crippen molar-refractivity contribution in [3.63, 3.8) is 0 Å². The molecule has 1 unspecified atom stereocenters. The van der Waals surface area contributed by atoms with E-state index in [2.05, 4.69) is 35.1 Å². The van der Waals surface area contributed by atoms with E-state index in [1.54, 1.807) is 17.8 Å². The van der Waals surface area contributed by atoms with Crippen LogP contribution in [-0.4, -0.2) is 23.5 Å². The maximum atomic E-state index is 12.0. The Hall–Kier alpha value is -0.190. The van der Waals surface area contributed by atoms with Crippen LogP contribution in [0.15, 0.2) is 23.1 Å². The average molecular weight is 351 g/mol. The third kappa shape index (κ3) is 4.48. The zero-order chi connectivity index (χ0) is 13.7. The largest absolute Gasteiger partial charge is 0.351 e. The SMILES string of the molecule is CSc1ccc(Cl)c(C(=O)NCC(Br)C(C)C)c1. The maximum absolute atomic E-state index is 12.0. The number of hydrogen-bond donors (Lipinski definition) is 1. The average Bonchev–Trinajstić information content (AvgIpc) is 2.35. The van der Waals surface area contributed by atoms with Crippen molar-refractivity contribution in [2.24, 2.45) is 5.92 Å². The second-order valence-electron chi connectivity index (χ2n) is 4.32. The fourth-order valence-electron chi connectivity index (χ4n) is 1.33. The first-order valence-corrected chi connectivity index (χ1v) is 8.23. The number of alkyl halides is 1. The molecule has 1 aromatic rings. The Morgan fingerprint density at radius 2 is 2.17 bits per heavy atom. The maximum Gasteiger partial charge on any atom is 0.252 e. The molecule has 1 atom stereocenters. The van der Waals surface area contributed by atoms with Gasteiger partial charge in [0.05, 0.1) is 10.6 Å². The van der Waals surface area contributed by atoms with E-state index < -0.39 is 0 Å². The van der Waals surface area contributed by atoms with Crippen molar-refractivity contribution in [3.05, 3.63) is 28.8 Å². The van der Waals surface area contributed by atoms with Crippen molar-refractivity contribution in [1.29, 1.82) is 0 Å². The quantitative estimate of drug-likeness (QED) is 0.636. The number of amides is 1. The Kier molecular flexibility index (Phi) is 6.53. The predicted octanol–water partition coefficient (Wildman–Crippen LogP) is 4.21. The summed E-state index contributed by atoms with van der Waals surface area (Å²) in [7, 11) is 0. The zero-order valence-electron chi connectivity index (χ0n) is 10.7. The highest BCUT2D eigenvalue weighted by atomic mass is 79.9. The van der Waals surface area contributed by atoms with Crippen LogP contribution >= 0.6 is 39.3 Å². The van der Waals surface area contributed by atoms with Gasteiger partial charge in [-0.15, -0.1) is 11.8 Å². The van der Waals surface area contributed by atoms with Gasteiger partial charge in [0.25, 0.3) is 5.91 Å². The molecule has 0 aliphatic rings. The Morgan fingerprint density at radius 3 is 2.72 bits per heavy atom. The molecular weight excluding hydrogens is 334 g/mol. The van der Waals surface area contributed by atoms with Gasteiger partial charge in [-0.1, -0.05) is 41.4 Å². The molecule has 0 heterocycles. The summed E-state index contributed by atoms with van der Waals surface area (Å²) in [6.07, 6.45) is 1.97. The molecule has 0 radical (unpaired) electrons. The van der Waals surface area contributed by atoms with Crippen LogP contribution in [-0.2, 0) is 0 Å². The van der Waals surface area contributed by atoms with Crippen molar-refractivity contribution in [1.82, 2.24) is 5.32 Å². The number of rotatable bonds is 5. The van der Waals surface area contributed by atoms with E-state index in [1.807, 2.05) is 18.4 Å². The molecule has 5 heteroatoms. The summed E-state index contributed by atoms with van der Waals surface area (Å²) in [6.45, 7) is 4.80. The van der Waals surface area contributed by atoms with Crippen LogP contribution in [0.2, 0.25) is 5.02 Å². The van der Waals surface area contributed by atoms with Crippen molar-refractivity contribution < 1.29 is 4.79 Å². The molecule has 0 fully saturated rings.